The van der Waals surface area contributed by atoms with Gasteiger partial charge in [0.1, 0.15) is 0 Å². The van der Waals surface area contributed by atoms with Crippen molar-refractivity contribution in [1.29, 1.82) is 0 Å². The summed E-state index contributed by atoms with van der Waals surface area (Å²) in [4.78, 5) is 4.93. The third-order valence-corrected chi connectivity index (χ3v) is 11.1. The molecular weight excluding hydrogens is 621 g/mol. The fourth-order valence-electron chi connectivity index (χ4n) is 8.54. The van der Waals surface area contributed by atoms with Gasteiger partial charge in [0, 0.05) is 58.7 Å². The molecule has 1 unspecified atom stereocenters. The summed E-state index contributed by atoms with van der Waals surface area (Å²) < 4.78 is 32.1. The van der Waals surface area contributed by atoms with E-state index in [1.807, 2.05) is 0 Å². The summed E-state index contributed by atoms with van der Waals surface area (Å²) in [6.45, 7) is 19.4. The van der Waals surface area contributed by atoms with E-state index in [0.29, 0.717) is 11.1 Å². The molecule has 0 radical (unpaired) electrons. The Balaban J connectivity index is 1.51. The van der Waals surface area contributed by atoms with Gasteiger partial charge in [-0.15, -0.1) is 0 Å². The van der Waals surface area contributed by atoms with Crippen LogP contribution in [0.4, 0.5) is 20.2 Å². The van der Waals surface area contributed by atoms with Gasteiger partial charge in [-0.1, -0.05) is 115 Å². The second-order valence-electron chi connectivity index (χ2n) is 15.1. The van der Waals surface area contributed by atoms with E-state index in [2.05, 4.69) is 131 Å². The fraction of sp³-hybridized carbons (Fsp3) is 0.378. The number of halogens is 2. The molecule has 50 heavy (non-hydrogen) atoms. The lowest BCUT2D eigenvalue weighted by Crippen LogP contribution is -2.40. The van der Waals surface area contributed by atoms with Crippen molar-refractivity contribution in [3.8, 4) is 0 Å². The average molecular weight is 674 g/mol. The molecule has 2 aliphatic heterocycles. The van der Waals surface area contributed by atoms with Gasteiger partial charge < -0.3 is 15.5 Å². The van der Waals surface area contributed by atoms with Gasteiger partial charge in [-0.05, 0) is 83.7 Å². The summed E-state index contributed by atoms with van der Waals surface area (Å²) in [5.41, 5.74) is 15.5. The molecule has 3 nitrogen and oxygen atoms in total. The maximum absolute atomic E-state index is 16.3. The predicted molar refractivity (Wildman–Crippen MR) is 209 cm³/mol. The molecule has 2 heterocycles. The number of hydrogen-bond donors (Lipinski definition) is 1. The van der Waals surface area contributed by atoms with E-state index >= 15 is 8.78 Å². The van der Waals surface area contributed by atoms with Crippen LogP contribution in [0.25, 0.3) is 11.1 Å². The van der Waals surface area contributed by atoms with Gasteiger partial charge in [0.2, 0.25) is 0 Å². The standard InChI is InChI=1S/C45H53F2N3/c1-8-27-49-37-19-12-10-17-35(37)44(4,5)39(49)25-21-31-15-14-16-32(41(31)34-24-23-33(30(3)29-48)42(46)43(34)47)22-26-40-45(6,7)36-18-11-13-20-38(36)50(40)28-9-2/h10-13,17-26,39H,3,8-9,14-16,27-29,48H2,1-2,4-7H3. The van der Waals surface area contributed by atoms with Gasteiger partial charge in [-0.3, -0.25) is 0 Å². The predicted octanol–water partition coefficient (Wildman–Crippen LogP) is 11.0. The van der Waals surface area contributed by atoms with Crippen molar-refractivity contribution in [2.45, 2.75) is 90.5 Å². The molecule has 0 amide bonds. The highest BCUT2D eigenvalue weighted by Crippen LogP contribution is 2.49. The van der Waals surface area contributed by atoms with Gasteiger partial charge in [0.25, 0.3) is 0 Å². The van der Waals surface area contributed by atoms with Gasteiger partial charge in [0.05, 0.1) is 6.04 Å². The molecule has 0 saturated heterocycles. The Morgan fingerprint density at radius 1 is 0.860 bits per heavy atom. The van der Waals surface area contributed by atoms with Gasteiger partial charge in [-0.25, -0.2) is 8.78 Å². The third-order valence-electron chi connectivity index (χ3n) is 11.1. The normalized spacial score (nSPS) is 21.1. The number of allylic oxidation sites excluding steroid dienone is 7. The minimum Gasteiger partial charge on any atom is -0.364 e. The highest BCUT2D eigenvalue weighted by Gasteiger charge is 2.43. The Bertz CT molecular complexity index is 1910. The highest BCUT2D eigenvalue weighted by molar-refractivity contribution is 5.86. The van der Waals surface area contributed by atoms with Crippen molar-refractivity contribution in [1.82, 2.24) is 0 Å². The first-order chi connectivity index (χ1) is 24.0. The number of para-hydroxylation sites is 2. The molecule has 1 aliphatic carbocycles. The Labute approximate surface area is 298 Å². The van der Waals surface area contributed by atoms with Crippen molar-refractivity contribution in [2.75, 3.05) is 29.4 Å². The SMILES string of the molecule is C=C(CN)c1ccc(C2=C(C=CC3N(CCC)c4ccccc4C3(C)C)CCCC2=CC=C2N(CCC)c3ccccc3C2(C)C)c(F)c1F. The summed E-state index contributed by atoms with van der Waals surface area (Å²) in [6.07, 6.45) is 13.5. The van der Waals surface area contributed by atoms with Crippen LogP contribution in [0.1, 0.15) is 95.9 Å². The molecule has 6 rings (SSSR count). The summed E-state index contributed by atoms with van der Waals surface area (Å²) in [5.74, 6) is -1.74. The molecule has 3 aromatic carbocycles. The van der Waals surface area contributed by atoms with Crippen LogP contribution >= 0.6 is 0 Å². The third kappa shape index (κ3) is 6.08. The smallest absolute Gasteiger partial charge is 0.167 e. The maximum Gasteiger partial charge on any atom is 0.167 e. The zero-order chi connectivity index (χ0) is 35.8. The number of nitrogens with zero attached hydrogens (tertiary/aromatic N) is 2. The van der Waals surface area contributed by atoms with Crippen LogP contribution in [0.15, 0.2) is 108 Å². The average Bonchev–Trinajstić information content (AvgIpc) is 3.46. The largest absolute Gasteiger partial charge is 0.364 e. The van der Waals surface area contributed by atoms with Crippen LogP contribution in [-0.4, -0.2) is 25.7 Å². The van der Waals surface area contributed by atoms with Crippen molar-refractivity contribution < 1.29 is 8.78 Å². The second kappa shape index (κ2) is 14.2. The van der Waals surface area contributed by atoms with Crippen LogP contribution in [0.3, 0.4) is 0 Å². The number of rotatable bonds is 10. The van der Waals surface area contributed by atoms with Crippen LogP contribution in [-0.2, 0) is 10.8 Å². The lowest BCUT2D eigenvalue weighted by Gasteiger charge is -2.32. The maximum atomic E-state index is 16.3. The highest BCUT2D eigenvalue weighted by atomic mass is 19.2. The number of fused-ring (bicyclic) bond motifs is 2. The van der Waals surface area contributed by atoms with Crippen LogP contribution in [0.2, 0.25) is 0 Å². The van der Waals surface area contributed by atoms with E-state index in [1.54, 1.807) is 12.1 Å². The summed E-state index contributed by atoms with van der Waals surface area (Å²) in [6, 6.07) is 20.8. The van der Waals surface area contributed by atoms with E-state index in [1.165, 1.54) is 28.2 Å². The van der Waals surface area contributed by atoms with Crippen molar-refractivity contribution >= 4 is 22.5 Å². The van der Waals surface area contributed by atoms with Crippen LogP contribution in [0, 0.1) is 11.6 Å². The van der Waals surface area contributed by atoms with E-state index < -0.39 is 11.6 Å². The quantitative estimate of drug-likeness (QED) is 0.232. The molecular formula is C45H53F2N3. The molecule has 0 aromatic heterocycles. The molecule has 3 aliphatic rings. The number of anilines is 2. The lowest BCUT2D eigenvalue weighted by molar-refractivity contribution is 0.473. The second-order valence-corrected chi connectivity index (χ2v) is 15.1. The van der Waals surface area contributed by atoms with E-state index in [4.69, 9.17) is 5.73 Å². The Morgan fingerprint density at radius 3 is 2.24 bits per heavy atom. The fourth-order valence-corrected chi connectivity index (χ4v) is 8.54. The Kier molecular flexibility index (Phi) is 10.1. The zero-order valence-corrected chi connectivity index (χ0v) is 30.8. The van der Waals surface area contributed by atoms with Crippen LogP contribution in [0.5, 0.6) is 0 Å². The van der Waals surface area contributed by atoms with Crippen molar-refractivity contribution in [2.24, 2.45) is 5.73 Å². The Morgan fingerprint density at radius 2 is 1.54 bits per heavy atom. The number of nitrogens with two attached hydrogens (primary N) is 1. The van der Waals surface area contributed by atoms with Gasteiger partial charge in [0.15, 0.2) is 11.6 Å². The molecule has 5 heteroatoms. The molecule has 262 valence electrons. The number of benzene rings is 3. The van der Waals surface area contributed by atoms with E-state index in [-0.39, 0.29) is 29.0 Å². The molecule has 0 spiro atoms. The summed E-state index contributed by atoms with van der Waals surface area (Å²) in [5, 5.41) is 0. The first kappa shape index (κ1) is 35.6. The minimum atomic E-state index is -0.889. The topological polar surface area (TPSA) is 32.5 Å². The first-order valence-electron chi connectivity index (χ1n) is 18.4. The van der Waals surface area contributed by atoms with Crippen molar-refractivity contribution in [3.05, 3.63) is 142 Å². The summed E-state index contributed by atoms with van der Waals surface area (Å²) >= 11 is 0. The molecule has 0 fully saturated rings. The first-order valence-corrected chi connectivity index (χ1v) is 18.4. The van der Waals surface area contributed by atoms with Crippen molar-refractivity contribution in [3.63, 3.8) is 0 Å². The summed E-state index contributed by atoms with van der Waals surface area (Å²) in [7, 11) is 0. The number of hydrogen-bond acceptors (Lipinski definition) is 3. The van der Waals surface area contributed by atoms with E-state index in [0.717, 1.165) is 61.9 Å². The Hall–Kier alpha value is -4.22. The minimum absolute atomic E-state index is 0.0609. The molecule has 0 bridgehead atoms. The molecule has 0 saturated carbocycles. The zero-order valence-electron chi connectivity index (χ0n) is 30.8. The molecule has 3 aromatic rings. The van der Waals surface area contributed by atoms with Gasteiger partial charge >= 0.3 is 0 Å². The molecule has 1 atom stereocenters. The van der Waals surface area contributed by atoms with Crippen LogP contribution < -0.4 is 15.5 Å². The van der Waals surface area contributed by atoms with Gasteiger partial charge in [-0.2, -0.15) is 0 Å². The molecule has 2 N–H and O–H groups in total. The lowest BCUT2D eigenvalue weighted by atomic mass is 9.78. The monoisotopic (exact) mass is 673 g/mol. The van der Waals surface area contributed by atoms with E-state index in [9.17, 15) is 0 Å².